The molecule has 20 heavy (non-hydrogen) atoms. The Labute approximate surface area is 122 Å². The van der Waals surface area contributed by atoms with Gasteiger partial charge in [0.25, 0.3) is 0 Å². The molecule has 0 unspecified atom stereocenters. The van der Waals surface area contributed by atoms with Crippen molar-refractivity contribution in [2.24, 2.45) is 0 Å². The van der Waals surface area contributed by atoms with E-state index in [1.165, 1.54) is 11.8 Å². The van der Waals surface area contributed by atoms with Crippen molar-refractivity contribution in [3.05, 3.63) is 36.2 Å². The van der Waals surface area contributed by atoms with Crippen LogP contribution in [-0.4, -0.2) is 27.1 Å². The van der Waals surface area contributed by atoms with E-state index in [-0.39, 0.29) is 11.6 Å². The van der Waals surface area contributed by atoms with Crippen LogP contribution in [0.4, 0.5) is 11.4 Å². The number of hydrogen-bond acceptors (Lipinski definition) is 4. The smallest absolute Gasteiger partial charge is 0.338 e. The quantitative estimate of drug-likeness (QED) is 0.823. The van der Waals surface area contributed by atoms with Crippen LogP contribution in [0, 0.1) is 0 Å². The van der Waals surface area contributed by atoms with Crippen LogP contribution in [0.15, 0.2) is 35.5 Å². The predicted molar refractivity (Wildman–Crippen MR) is 81.1 cm³/mol. The number of benzene rings is 1. The van der Waals surface area contributed by atoms with Crippen molar-refractivity contribution < 1.29 is 9.90 Å². The summed E-state index contributed by atoms with van der Waals surface area (Å²) in [5.74, 6) is -0.936. The summed E-state index contributed by atoms with van der Waals surface area (Å²) in [4.78, 5) is 12.2. The lowest BCUT2D eigenvalue weighted by molar-refractivity contribution is 0.0694. The van der Waals surface area contributed by atoms with Gasteiger partial charge in [-0.15, -0.1) is 11.8 Å². The number of carboxylic acid groups (broad SMARTS) is 1. The molecule has 1 heterocycles. The zero-order valence-electron chi connectivity index (χ0n) is 11.6. The Hall–Kier alpha value is -1.95. The topological polar surface area (TPSA) is 67.2 Å². The summed E-state index contributed by atoms with van der Waals surface area (Å²) in [6.45, 7) is 4.07. The van der Waals surface area contributed by atoms with E-state index in [0.29, 0.717) is 5.69 Å². The van der Waals surface area contributed by atoms with E-state index < -0.39 is 5.97 Å². The molecule has 1 aromatic carbocycles. The van der Waals surface area contributed by atoms with Crippen molar-refractivity contribution >= 4 is 29.1 Å². The molecule has 5 nitrogen and oxygen atoms in total. The molecule has 0 aliphatic rings. The maximum atomic E-state index is 11.4. The van der Waals surface area contributed by atoms with Gasteiger partial charge in [-0.3, -0.25) is 4.68 Å². The number of nitrogens with zero attached hydrogens (tertiary/aromatic N) is 2. The minimum atomic E-state index is -0.936. The molecule has 2 rings (SSSR count). The molecule has 0 aliphatic carbocycles. The standard InChI is InChI=1S/C14H17N3O2S/c1-9(2)17-8-10(7-15-17)16-11-5-4-6-12(20-3)13(11)14(18)19/h4-9,16H,1-3H3,(H,18,19). The second-order valence-electron chi connectivity index (χ2n) is 4.62. The van der Waals surface area contributed by atoms with Crippen LogP contribution in [0.2, 0.25) is 0 Å². The second kappa shape index (κ2) is 6.00. The number of hydrogen-bond donors (Lipinski definition) is 2. The molecule has 0 saturated carbocycles. The van der Waals surface area contributed by atoms with E-state index in [4.69, 9.17) is 0 Å². The van der Waals surface area contributed by atoms with E-state index in [1.807, 2.05) is 37.0 Å². The molecule has 2 N–H and O–H groups in total. The summed E-state index contributed by atoms with van der Waals surface area (Å²) < 4.78 is 1.82. The van der Waals surface area contributed by atoms with Gasteiger partial charge in [0.15, 0.2) is 0 Å². The minimum Gasteiger partial charge on any atom is -0.478 e. The lowest BCUT2D eigenvalue weighted by atomic mass is 10.1. The van der Waals surface area contributed by atoms with E-state index in [2.05, 4.69) is 10.4 Å². The largest absolute Gasteiger partial charge is 0.478 e. The van der Waals surface area contributed by atoms with E-state index in [9.17, 15) is 9.90 Å². The Balaban J connectivity index is 2.35. The fourth-order valence-corrected chi connectivity index (χ4v) is 2.48. The van der Waals surface area contributed by atoms with Gasteiger partial charge in [-0.2, -0.15) is 5.10 Å². The Morgan fingerprint density at radius 2 is 2.20 bits per heavy atom. The summed E-state index contributed by atoms with van der Waals surface area (Å²) >= 11 is 1.42. The molecule has 0 spiro atoms. The van der Waals surface area contributed by atoms with Gasteiger partial charge in [0.1, 0.15) is 0 Å². The van der Waals surface area contributed by atoms with Crippen LogP contribution < -0.4 is 5.32 Å². The number of anilines is 2. The Bertz CT molecular complexity index is 623. The number of aromatic nitrogens is 2. The fourth-order valence-electron chi connectivity index (χ4n) is 1.87. The van der Waals surface area contributed by atoms with E-state index in [1.54, 1.807) is 18.3 Å². The number of nitrogens with one attached hydrogen (secondary N) is 1. The SMILES string of the molecule is CSc1cccc(Nc2cnn(C(C)C)c2)c1C(=O)O. The maximum Gasteiger partial charge on any atom is 0.338 e. The molecule has 0 aliphatic heterocycles. The van der Waals surface area contributed by atoms with Crippen molar-refractivity contribution in [2.75, 3.05) is 11.6 Å². The molecule has 0 radical (unpaired) electrons. The maximum absolute atomic E-state index is 11.4. The van der Waals surface area contributed by atoms with Gasteiger partial charge in [-0.05, 0) is 32.2 Å². The zero-order valence-corrected chi connectivity index (χ0v) is 12.4. The van der Waals surface area contributed by atoms with Crippen LogP contribution in [0.25, 0.3) is 0 Å². The molecular weight excluding hydrogens is 274 g/mol. The van der Waals surface area contributed by atoms with Crippen LogP contribution >= 0.6 is 11.8 Å². The molecular formula is C14H17N3O2S. The van der Waals surface area contributed by atoms with E-state index >= 15 is 0 Å². The molecule has 106 valence electrons. The predicted octanol–water partition coefficient (Wildman–Crippen LogP) is 3.63. The van der Waals surface area contributed by atoms with Gasteiger partial charge in [0.05, 0.1) is 23.1 Å². The second-order valence-corrected chi connectivity index (χ2v) is 5.46. The van der Waals surface area contributed by atoms with Gasteiger partial charge in [-0.25, -0.2) is 4.79 Å². The third kappa shape index (κ3) is 2.96. The monoisotopic (exact) mass is 291 g/mol. The van der Waals surface area contributed by atoms with Crippen molar-refractivity contribution in [1.82, 2.24) is 9.78 Å². The molecule has 2 aromatic rings. The Morgan fingerprint density at radius 1 is 1.45 bits per heavy atom. The molecule has 0 atom stereocenters. The van der Waals surface area contributed by atoms with Crippen LogP contribution in [0.1, 0.15) is 30.2 Å². The lowest BCUT2D eigenvalue weighted by Gasteiger charge is -2.11. The summed E-state index contributed by atoms with van der Waals surface area (Å²) in [7, 11) is 0. The lowest BCUT2D eigenvalue weighted by Crippen LogP contribution is -2.04. The third-order valence-electron chi connectivity index (χ3n) is 2.87. The highest BCUT2D eigenvalue weighted by molar-refractivity contribution is 7.98. The highest BCUT2D eigenvalue weighted by Gasteiger charge is 2.15. The summed E-state index contributed by atoms with van der Waals surface area (Å²) in [6, 6.07) is 5.67. The van der Waals surface area contributed by atoms with Crippen LogP contribution in [-0.2, 0) is 0 Å². The fraction of sp³-hybridized carbons (Fsp3) is 0.286. The van der Waals surface area contributed by atoms with Crippen LogP contribution in [0.3, 0.4) is 0 Å². The molecule has 0 amide bonds. The third-order valence-corrected chi connectivity index (χ3v) is 3.65. The van der Waals surface area contributed by atoms with Gasteiger partial charge in [0.2, 0.25) is 0 Å². The number of aromatic carboxylic acids is 1. The number of thioether (sulfide) groups is 1. The zero-order chi connectivity index (χ0) is 14.7. The van der Waals surface area contributed by atoms with Gasteiger partial charge in [-0.1, -0.05) is 6.07 Å². The minimum absolute atomic E-state index is 0.266. The average molecular weight is 291 g/mol. The molecule has 0 saturated heterocycles. The first-order valence-electron chi connectivity index (χ1n) is 6.24. The van der Waals surface area contributed by atoms with E-state index in [0.717, 1.165) is 10.6 Å². The van der Waals surface area contributed by atoms with Gasteiger partial charge in [0, 0.05) is 17.1 Å². The molecule has 0 bridgehead atoms. The highest BCUT2D eigenvalue weighted by Crippen LogP contribution is 2.29. The molecule has 1 aromatic heterocycles. The number of carboxylic acids is 1. The van der Waals surface area contributed by atoms with Gasteiger partial charge < -0.3 is 10.4 Å². The first kappa shape index (κ1) is 14.5. The van der Waals surface area contributed by atoms with Crippen molar-refractivity contribution in [3.63, 3.8) is 0 Å². The first-order valence-corrected chi connectivity index (χ1v) is 7.47. The summed E-state index contributed by atoms with van der Waals surface area (Å²) in [6.07, 6.45) is 5.42. The Morgan fingerprint density at radius 3 is 2.75 bits per heavy atom. The van der Waals surface area contributed by atoms with Crippen LogP contribution in [0.5, 0.6) is 0 Å². The number of carbonyl (C=O) groups is 1. The van der Waals surface area contributed by atoms with Crippen molar-refractivity contribution in [2.45, 2.75) is 24.8 Å². The summed E-state index contributed by atoms with van der Waals surface area (Å²) in [5, 5.41) is 16.7. The molecule has 0 fully saturated rings. The highest BCUT2D eigenvalue weighted by atomic mass is 32.2. The number of rotatable bonds is 5. The normalized spacial score (nSPS) is 10.8. The molecule has 6 heteroatoms. The average Bonchev–Trinajstić information content (AvgIpc) is 2.86. The first-order chi connectivity index (χ1) is 9.52. The van der Waals surface area contributed by atoms with Crippen molar-refractivity contribution in [1.29, 1.82) is 0 Å². The van der Waals surface area contributed by atoms with Gasteiger partial charge >= 0.3 is 5.97 Å². The Kier molecular flexibility index (Phi) is 4.34. The van der Waals surface area contributed by atoms with Crippen molar-refractivity contribution in [3.8, 4) is 0 Å². The summed E-state index contributed by atoms with van der Waals surface area (Å²) in [5.41, 5.74) is 1.64.